The van der Waals surface area contributed by atoms with Crippen LogP contribution in [0.5, 0.6) is 0 Å². The van der Waals surface area contributed by atoms with Crippen molar-refractivity contribution in [1.82, 2.24) is 4.57 Å². The van der Waals surface area contributed by atoms with Crippen LogP contribution in [-0.4, -0.2) is 10.6 Å². The summed E-state index contributed by atoms with van der Waals surface area (Å²) in [5.74, 6) is 0. The van der Waals surface area contributed by atoms with Crippen LogP contribution >= 0.6 is 15.9 Å². The predicted molar refractivity (Wildman–Crippen MR) is 66.0 cm³/mol. The minimum Gasteiger partial charge on any atom is -0.347 e. The molecule has 0 amide bonds. The van der Waals surface area contributed by atoms with Gasteiger partial charge in [0.1, 0.15) is 0 Å². The monoisotopic (exact) mass is 264 g/mol. The van der Waals surface area contributed by atoms with Crippen LogP contribution in [0, 0.1) is 0 Å². The molecule has 0 aliphatic heterocycles. The molecular weight excluding hydrogens is 252 g/mol. The zero-order chi connectivity index (χ0) is 10.6. The van der Waals surface area contributed by atoms with Gasteiger partial charge in [-0.1, -0.05) is 15.9 Å². The summed E-state index contributed by atoms with van der Waals surface area (Å²) in [6, 6.07) is 6.77. The van der Waals surface area contributed by atoms with E-state index < -0.39 is 0 Å². The largest absolute Gasteiger partial charge is 0.347 e. The van der Waals surface area contributed by atoms with Crippen molar-refractivity contribution in [2.45, 2.75) is 18.9 Å². The van der Waals surface area contributed by atoms with Crippen molar-refractivity contribution in [2.24, 2.45) is 12.8 Å². The van der Waals surface area contributed by atoms with E-state index in [4.69, 9.17) is 5.73 Å². The molecule has 1 aromatic carbocycles. The molecule has 0 spiro atoms. The number of aryl methyl sites for hydroxylation is 1. The van der Waals surface area contributed by atoms with Gasteiger partial charge in [0.2, 0.25) is 0 Å². The molecule has 2 N–H and O–H groups in total. The summed E-state index contributed by atoms with van der Waals surface area (Å²) >= 11 is 3.52. The first-order valence-corrected chi connectivity index (χ1v) is 5.97. The fourth-order valence-electron chi connectivity index (χ4n) is 2.62. The lowest BCUT2D eigenvalue weighted by molar-refractivity contribution is 0.700. The average Bonchev–Trinajstić information content (AvgIpc) is 2.67. The number of halogens is 1. The second kappa shape index (κ2) is 3.09. The number of hydrogen-bond donors (Lipinski definition) is 1. The van der Waals surface area contributed by atoms with Crippen molar-refractivity contribution >= 4 is 26.8 Å². The van der Waals surface area contributed by atoms with Gasteiger partial charge in [-0.3, -0.25) is 0 Å². The Labute approximate surface area is 97.2 Å². The van der Waals surface area contributed by atoms with Gasteiger partial charge < -0.3 is 10.3 Å². The minimum atomic E-state index is 0.310. The van der Waals surface area contributed by atoms with Gasteiger partial charge in [-0.15, -0.1) is 0 Å². The Kier molecular flexibility index (Phi) is 1.94. The Bertz CT molecular complexity index is 542. The van der Waals surface area contributed by atoms with E-state index in [-0.39, 0.29) is 0 Å². The normalized spacial score (nSPS) is 19.8. The van der Waals surface area contributed by atoms with Crippen LogP contribution in [0.2, 0.25) is 0 Å². The molecule has 1 aromatic heterocycles. The molecule has 0 radical (unpaired) electrons. The van der Waals surface area contributed by atoms with Crippen molar-refractivity contribution in [2.75, 3.05) is 0 Å². The number of hydrogen-bond acceptors (Lipinski definition) is 1. The SMILES string of the molecule is Cn1c2c(c3cc(Br)ccc31)CC(N)C2. The zero-order valence-electron chi connectivity index (χ0n) is 8.63. The second-order valence-electron chi connectivity index (χ2n) is 4.31. The van der Waals surface area contributed by atoms with E-state index in [0.717, 1.165) is 17.3 Å². The maximum atomic E-state index is 6.00. The molecule has 78 valence electrons. The van der Waals surface area contributed by atoms with Gasteiger partial charge in [0, 0.05) is 40.6 Å². The van der Waals surface area contributed by atoms with E-state index in [1.807, 2.05) is 0 Å². The molecule has 1 aliphatic carbocycles. The van der Waals surface area contributed by atoms with Crippen LogP contribution in [-0.2, 0) is 19.9 Å². The smallest absolute Gasteiger partial charge is 0.0483 e. The third-order valence-corrected chi connectivity index (χ3v) is 3.81. The van der Waals surface area contributed by atoms with Crippen molar-refractivity contribution < 1.29 is 0 Å². The summed E-state index contributed by atoms with van der Waals surface area (Å²) in [7, 11) is 2.13. The van der Waals surface area contributed by atoms with Crippen LogP contribution in [0.4, 0.5) is 0 Å². The molecule has 1 aliphatic rings. The number of fused-ring (bicyclic) bond motifs is 3. The summed E-state index contributed by atoms with van der Waals surface area (Å²) in [5, 5.41) is 1.36. The van der Waals surface area contributed by atoms with Gasteiger partial charge in [0.05, 0.1) is 0 Å². The van der Waals surface area contributed by atoms with Gasteiger partial charge in [0.15, 0.2) is 0 Å². The molecule has 2 nitrogen and oxygen atoms in total. The van der Waals surface area contributed by atoms with Crippen LogP contribution in [0.3, 0.4) is 0 Å². The van der Waals surface area contributed by atoms with Crippen LogP contribution in [0.15, 0.2) is 22.7 Å². The summed E-state index contributed by atoms with van der Waals surface area (Å²) < 4.78 is 3.42. The summed E-state index contributed by atoms with van der Waals surface area (Å²) in [6.45, 7) is 0. The van der Waals surface area contributed by atoms with Gasteiger partial charge in [0.25, 0.3) is 0 Å². The lowest BCUT2D eigenvalue weighted by Gasteiger charge is -2.04. The van der Waals surface area contributed by atoms with Crippen LogP contribution in [0.1, 0.15) is 11.3 Å². The Balaban J connectivity index is 2.37. The maximum Gasteiger partial charge on any atom is 0.0483 e. The number of nitrogens with two attached hydrogens (primary N) is 1. The highest BCUT2D eigenvalue weighted by molar-refractivity contribution is 9.10. The number of benzene rings is 1. The molecule has 1 atom stereocenters. The van der Waals surface area contributed by atoms with Gasteiger partial charge >= 0.3 is 0 Å². The first kappa shape index (κ1) is 9.43. The third kappa shape index (κ3) is 1.26. The van der Waals surface area contributed by atoms with Crippen LogP contribution < -0.4 is 5.73 Å². The lowest BCUT2D eigenvalue weighted by atomic mass is 10.1. The zero-order valence-corrected chi connectivity index (χ0v) is 10.2. The maximum absolute atomic E-state index is 6.00. The second-order valence-corrected chi connectivity index (χ2v) is 5.23. The predicted octanol–water partition coefficient (Wildman–Crippen LogP) is 2.37. The van der Waals surface area contributed by atoms with E-state index in [9.17, 15) is 0 Å². The number of aromatic nitrogens is 1. The van der Waals surface area contributed by atoms with Crippen molar-refractivity contribution in [3.63, 3.8) is 0 Å². The number of nitrogens with zero attached hydrogens (tertiary/aromatic N) is 1. The first-order valence-electron chi connectivity index (χ1n) is 5.18. The molecule has 0 bridgehead atoms. The summed E-state index contributed by atoms with van der Waals surface area (Å²) in [5.41, 5.74) is 10.2. The average molecular weight is 265 g/mol. The van der Waals surface area contributed by atoms with Gasteiger partial charge in [-0.05, 0) is 30.2 Å². The Morgan fingerprint density at radius 1 is 1.40 bits per heavy atom. The van der Waals surface area contributed by atoms with E-state index in [0.29, 0.717) is 6.04 Å². The minimum absolute atomic E-state index is 0.310. The Morgan fingerprint density at radius 2 is 2.20 bits per heavy atom. The van der Waals surface area contributed by atoms with Crippen molar-refractivity contribution in [3.8, 4) is 0 Å². The highest BCUT2D eigenvalue weighted by atomic mass is 79.9. The standard InChI is InChI=1S/C12H13BrN2/c1-15-11-3-2-7(13)4-9(11)10-5-8(14)6-12(10)15/h2-4,8H,5-6,14H2,1H3. The Morgan fingerprint density at radius 3 is 3.00 bits per heavy atom. The van der Waals surface area contributed by atoms with Gasteiger partial charge in [-0.2, -0.15) is 0 Å². The highest BCUT2D eigenvalue weighted by Crippen LogP contribution is 2.33. The molecular formula is C12H13BrN2. The third-order valence-electron chi connectivity index (χ3n) is 3.32. The Hall–Kier alpha value is -0.800. The molecule has 3 rings (SSSR count). The highest BCUT2D eigenvalue weighted by Gasteiger charge is 2.24. The molecule has 2 aromatic rings. The van der Waals surface area contributed by atoms with Crippen molar-refractivity contribution in [1.29, 1.82) is 0 Å². The molecule has 3 heteroatoms. The first-order chi connectivity index (χ1) is 7.16. The van der Waals surface area contributed by atoms with E-state index in [1.165, 1.54) is 22.2 Å². The molecule has 0 saturated carbocycles. The fraction of sp³-hybridized carbons (Fsp3) is 0.333. The fourth-order valence-corrected chi connectivity index (χ4v) is 2.98. The van der Waals surface area contributed by atoms with E-state index >= 15 is 0 Å². The van der Waals surface area contributed by atoms with E-state index in [2.05, 4.69) is 45.7 Å². The van der Waals surface area contributed by atoms with E-state index in [1.54, 1.807) is 0 Å². The lowest BCUT2D eigenvalue weighted by Crippen LogP contribution is -2.20. The molecule has 1 unspecified atom stereocenters. The summed E-state index contributed by atoms with van der Waals surface area (Å²) in [6.07, 6.45) is 2.03. The number of rotatable bonds is 0. The topological polar surface area (TPSA) is 30.9 Å². The molecule has 1 heterocycles. The molecule has 0 fully saturated rings. The van der Waals surface area contributed by atoms with Crippen molar-refractivity contribution in [3.05, 3.63) is 33.9 Å². The van der Waals surface area contributed by atoms with Crippen LogP contribution in [0.25, 0.3) is 10.9 Å². The quantitative estimate of drug-likeness (QED) is 0.779. The summed E-state index contributed by atoms with van der Waals surface area (Å²) in [4.78, 5) is 0. The van der Waals surface area contributed by atoms with Gasteiger partial charge in [-0.25, -0.2) is 0 Å². The molecule has 15 heavy (non-hydrogen) atoms. The molecule has 0 saturated heterocycles.